The highest BCUT2D eigenvalue weighted by Gasteiger charge is 1.99. The second-order valence-electron chi connectivity index (χ2n) is 3.51. The summed E-state index contributed by atoms with van der Waals surface area (Å²) in [5.41, 5.74) is 2.24. The Morgan fingerprint density at radius 2 is 2.25 bits per heavy atom. The summed E-state index contributed by atoms with van der Waals surface area (Å²) in [7, 11) is 0. The maximum absolute atomic E-state index is 11.2. The number of rotatable bonds is 4. The fourth-order valence-electron chi connectivity index (χ4n) is 1.30. The van der Waals surface area contributed by atoms with Crippen LogP contribution in [0.5, 0.6) is 0 Å². The Morgan fingerprint density at radius 1 is 1.44 bits per heavy atom. The summed E-state index contributed by atoms with van der Waals surface area (Å²) in [6.45, 7) is 2.90. The van der Waals surface area contributed by atoms with Gasteiger partial charge in [0.2, 0.25) is 0 Å². The third-order valence-corrected chi connectivity index (χ3v) is 2.06. The molecule has 2 N–H and O–H groups in total. The molecule has 0 aromatic heterocycles. The van der Waals surface area contributed by atoms with E-state index in [0.717, 1.165) is 5.56 Å². The number of nitrogens with zero attached hydrogens (tertiary/aromatic N) is 1. The van der Waals surface area contributed by atoms with Crippen LogP contribution < -0.4 is 10.6 Å². The Labute approximate surface area is 95.3 Å². The monoisotopic (exact) mass is 217 g/mol. The van der Waals surface area contributed by atoms with E-state index in [9.17, 15) is 4.79 Å². The first kappa shape index (κ1) is 12.1. The van der Waals surface area contributed by atoms with E-state index >= 15 is 0 Å². The molecule has 1 rings (SSSR count). The fraction of sp³-hybridized carbons (Fsp3) is 0.333. The molecule has 4 nitrogen and oxygen atoms in total. The van der Waals surface area contributed by atoms with Crippen LogP contribution in [0.15, 0.2) is 24.3 Å². The zero-order valence-electron chi connectivity index (χ0n) is 9.29. The highest BCUT2D eigenvalue weighted by Crippen LogP contribution is 2.02. The third-order valence-electron chi connectivity index (χ3n) is 2.06. The van der Waals surface area contributed by atoms with Crippen molar-refractivity contribution in [1.82, 2.24) is 10.6 Å². The Balaban J connectivity index is 2.29. The number of hydrogen-bond donors (Lipinski definition) is 2. The van der Waals surface area contributed by atoms with Gasteiger partial charge in [-0.05, 0) is 12.5 Å². The van der Waals surface area contributed by atoms with Gasteiger partial charge < -0.3 is 10.6 Å². The summed E-state index contributed by atoms with van der Waals surface area (Å²) < 4.78 is 0. The number of nitriles is 1. The Morgan fingerprint density at radius 3 is 2.94 bits per heavy atom. The summed E-state index contributed by atoms with van der Waals surface area (Å²) >= 11 is 0. The predicted octanol–water partition coefficient (Wildman–Crippen LogP) is 1.71. The molecule has 0 unspecified atom stereocenters. The number of carbonyl (C=O) groups excluding carboxylic acids is 1. The van der Waals surface area contributed by atoms with E-state index in [0.29, 0.717) is 19.5 Å². The smallest absolute Gasteiger partial charge is 0.315 e. The second kappa shape index (κ2) is 6.46. The number of amides is 2. The molecule has 0 spiro atoms. The highest BCUT2D eigenvalue weighted by molar-refractivity contribution is 5.73. The van der Waals surface area contributed by atoms with Gasteiger partial charge in [0, 0.05) is 13.1 Å². The number of aryl methyl sites for hydroxylation is 1. The predicted molar refractivity (Wildman–Crippen MR) is 61.6 cm³/mol. The van der Waals surface area contributed by atoms with Crippen molar-refractivity contribution in [2.75, 3.05) is 6.54 Å². The molecule has 0 bridgehead atoms. The van der Waals surface area contributed by atoms with E-state index in [1.165, 1.54) is 5.56 Å². The number of benzene rings is 1. The van der Waals surface area contributed by atoms with E-state index in [1.54, 1.807) is 0 Å². The Bertz CT molecular complexity index is 395. The van der Waals surface area contributed by atoms with Gasteiger partial charge in [-0.15, -0.1) is 0 Å². The normalized spacial score (nSPS) is 9.25. The zero-order valence-corrected chi connectivity index (χ0v) is 9.29. The van der Waals surface area contributed by atoms with Crippen LogP contribution >= 0.6 is 0 Å². The van der Waals surface area contributed by atoms with E-state index < -0.39 is 0 Å². The zero-order chi connectivity index (χ0) is 11.8. The minimum atomic E-state index is -0.239. The number of nitrogens with one attached hydrogen (secondary N) is 2. The maximum Gasteiger partial charge on any atom is 0.315 e. The molecule has 1 aromatic carbocycles. The topological polar surface area (TPSA) is 64.9 Å². The first-order valence-corrected chi connectivity index (χ1v) is 5.16. The lowest BCUT2D eigenvalue weighted by Gasteiger charge is -2.06. The first-order valence-electron chi connectivity index (χ1n) is 5.16. The Hall–Kier alpha value is -2.02. The van der Waals surface area contributed by atoms with Crippen molar-refractivity contribution in [3.05, 3.63) is 35.4 Å². The highest BCUT2D eigenvalue weighted by atomic mass is 16.2. The van der Waals surface area contributed by atoms with Gasteiger partial charge in [-0.3, -0.25) is 0 Å². The van der Waals surface area contributed by atoms with Crippen LogP contribution in [-0.2, 0) is 6.54 Å². The molecule has 16 heavy (non-hydrogen) atoms. The first-order chi connectivity index (χ1) is 7.72. The SMILES string of the molecule is Cc1cccc(CNC(=O)NCCC#N)c1. The largest absolute Gasteiger partial charge is 0.337 e. The lowest BCUT2D eigenvalue weighted by Crippen LogP contribution is -2.35. The summed E-state index contributed by atoms with van der Waals surface area (Å²) in [5, 5.41) is 13.6. The van der Waals surface area contributed by atoms with E-state index in [1.807, 2.05) is 37.3 Å². The average Bonchev–Trinajstić information content (AvgIpc) is 2.27. The van der Waals surface area contributed by atoms with Crippen LogP contribution in [-0.4, -0.2) is 12.6 Å². The summed E-state index contributed by atoms with van der Waals surface area (Å²) in [6, 6.07) is 9.68. The summed E-state index contributed by atoms with van der Waals surface area (Å²) in [4.78, 5) is 11.2. The van der Waals surface area contributed by atoms with Crippen molar-refractivity contribution < 1.29 is 4.79 Å². The third kappa shape index (κ3) is 4.47. The molecule has 0 aliphatic rings. The lowest BCUT2D eigenvalue weighted by atomic mass is 10.1. The minimum Gasteiger partial charge on any atom is -0.337 e. The molecule has 0 fully saturated rings. The van der Waals surface area contributed by atoms with E-state index in [-0.39, 0.29) is 6.03 Å². The molecule has 0 aliphatic heterocycles. The van der Waals surface area contributed by atoms with Gasteiger partial charge in [0.05, 0.1) is 12.5 Å². The second-order valence-corrected chi connectivity index (χ2v) is 3.51. The van der Waals surface area contributed by atoms with Crippen molar-refractivity contribution in [3.63, 3.8) is 0 Å². The van der Waals surface area contributed by atoms with Crippen LogP contribution in [0, 0.1) is 18.3 Å². The molecule has 84 valence electrons. The molecule has 0 atom stereocenters. The van der Waals surface area contributed by atoms with Crippen LogP contribution in [0.1, 0.15) is 17.5 Å². The fourth-order valence-corrected chi connectivity index (χ4v) is 1.30. The standard InChI is InChI=1S/C12H15N3O/c1-10-4-2-5-11(8-10)9-15-12(16)14-7-3-6-13/h2,4-5,8H,3,7,9H2,1H3,(H2,14,15,16). The van der Waals surface area contributed by atoms with Gasteiger partial charge in [-0.25, -0.2) is 4.79 Å². The van der Waals surface area contributed by atoms with Crippen molar-refractivity contribution in [1.29, 1.82) is 5.26 Å². The molecular formula is C12H15N3O. The lowest BCUT2D eigenvalue weighted by molar-refractivity contribution is 0.240. The molecule has 0 aliphatic carbocycles. The van der Waals surface area contributed by atoms with Crippen LogP contribution in [0.4, 0.5) is 4.79 Å². The van der Waals surface area contributed by atoms with Gasteiger partial charge in [0.1, 0.15) is 0 Å². The van der Waals surface area contributed by atoms with Crippen molar-refractivity contribution in [3.8, 4) is 6.07 Å². The van der Waals surface area contributed by atoms with Gasteiger partial charge in [-0.2, -0.15) is 5.26 Å². The molecule has 4 heteroatoms. The molecule has 0 saturated carbocycles. The van der Waals surface area contributed by atoms with Crippen molar-refractivity contribution in [2.45, 2.75) is 19.9 Å². The number of carbonyl (C=O) groups is 1. The molecule has 0 heterocycles. The van der Waals surface area contributed by atoms with Crippen LogP contribution in [0.3, 0.4) is 0 Å². The molecule has 0 radical (unpaired) electrons. The van der Waals surface area contributed by atoms with Crippen LogP contribution in [0.2, 0.25) is 0 Å². The molecular weight excluding hydrogens is 202 g/mol. The van der Waals surface area contributed by atoms with E-state index in [4.69, 9.17) is 5.26 Å². The molecule has 0 saturated heterocycles. The van der Waals surface area contributed by atoms with Crippen molar-refractivity contribution in [2.24, 2.45) is 0 Å². The number of hydrogen-bond acceptors (Lipinski definition) is 2. The maximum atomic E-state index is 11.2. The van der Waals surface area contributed by atoms with Gasteiger partial charge in [-0.1, -0.05) is 29.8 Å². The van der Waals surface area contributed by atoms with Gasteiger partial charge in [0.25, 0.3) is 0 Å². The summed E-state index contributed by atoms with van der Waals surface area (Å²) in [5.74, 6) is 0. The van der Waals surface area contributed by atoms with Crippen LogP contribution in [0.25, 0.3) is 0 Å². The van der Waals surface area contributed by atoms with E-state index in [2.05, 4.69) is 10.6 Å². The molecule has 2 amide bonds. The molecule has 1 aromatic rings. The van der Waals surface area contributed by atoms with Gasteiger partial charge >= 0.3 is 6.03 Å². The van der Waals surface area contributed by atoms with Gasteiger partial charge in [0.15, 0.2) is 0 Å². The van der Waals surface area contributed by atoms with Crippen molar-refractivity contribution >= 4 is 6.03 Å². The summed E-state index contributed by atoms with van der Waals surface area (Å²) in [6.07, 6.45) is 0.331. The number of urea groups is 1. The average molecular weight is 217 g/mol. The quantitative estimate of drug-likeness (QED) is 0.754. The minimum absolute atomic E-state index is 0.239. The Kier molecular flexibility index (Phi) is 4.87.